The highest BCUT2D eigenvalue weighted by Crippen LogP contribution is 2.23. The summed E-state index contributed by atoms with van der Waals surface area (Å²) in [4.78, 5) is 27.6. The molecule has 14 heavy (non-hydrogen) atoms. The van der Waals surface area contributed by atoms with Crippen molar-refractivity contribution >= 4 is 14.2 Å². The Morgan fingerprint density at radius 2 is 1.64 bits per heavy atom. The van der Waals surface area contributed by atoms with Crippen LogP contribution < -0.4 is 15.5 Å². The second-order valence-electron chi connectivity index (χ2n) is 3.37. The van der Waals surface area contributed by atoms with Gasteiger partial charge < -0.3 is 20.6 Å². The van der Waals surface area contributed by atoms with Crippen LogP contribution in [0.2, 0.25) is 0 Å². The number of hydrogen-bond donors (Lipinski definition) is 2. The predicted octanol–water partition coefficient (Wildman–Crippen LogP) is -1.62. The minimum absolute atomic E-state index is 0.655. The molecule has 1 fully saturated rings. The van der Waals surface area contributed by atoms with Gasteiger partial charge in [-0.05, 0) is 12.8 Å². The summed E-state index contributed by atoms with van der Waals surface area (Å²) < 4.78 is 8.48. The highest BCUT2D eigenvalue weighted by molar-refractivity contribution is 7.27. The van der Waals surface area contributed by atoms with E-state index in [0.717, 1.165) is 25.7 Å². The number of quaternary nitrogens is 1. The molecule has 1 rings (SSSR count). The third kappa shape index (κ3) is 5.24. The SMILES string of the molecule is O=[P+]([O-])[O-].[NH3+]C1(C(=O)O)CCCCC1. The van der Waals surface area contributed by atoms with E-state index in [1.165, 1.54) is 6.42 Å². The first kappa shape index (κ1) is 13.4. The Balaban J connectivity index is 0.000000364. The van der Waals surface area contributed by atoms with Gasteiger partial charge in [-0.1, -0.05) is 11.0 Å². The Hall–Kier alpha value is -0.550. The van der Waals surface area contributed by atoms with Crippen molar-refractivity contribution in [3.8, 4) is 0 Å². The number of hydrogen-bond acceptors (Lipinski definition) is 4. The molecule has 0 aromatic heterocycles. The van der Waals surface area contributed by atoms with E-state index in [1.54, 1.807) is 0 Å². The highest BCUT2D eigenvalue weighted by Gasteiger charge is 2.39. The summed E-state index contributed by atoms with van der Waals surface area (Å²) in [5, 5.41) is 8.74. The van der Waals surface area contributed by atoms with E-state index in [-0.39, 0.29) is 0 Å². The van der Waals surface area contributed by atoms with Crippen LogP contribution in [0.4, 0.5) is 0 Å². The molecule has 0 amide bonds. The summed E-state index contributed by atoms with van der Waals surface area (Å²) in [6, 6.07) is 0. The van der Waals surface area contributed by atoms with Crippen LogP contribution in [0.1, 0.15) is 32.1 Å². The van der Waals surface area contributed by atoms with Crippen LogP contribution in [-0.2, 0) is 9.36 Å². The molecule has 1 saturated carbocycles. The standard InChI is InChI=1S/C7H13NO2.HO3P/c8-7(6(9)10)4-2-1-3-5-7;1-4(2)3/h1-5,8H2,(H,9,10);(H,1,2,3). The second kappa shape index (κ2) is 6.03. The van der Waals surface area contributed by atoms with E-state index in [2.05, 4.69) is 5.73 Å². The third-order valence-corrected chi connectivity index (χ3v) is 2.26. The second-order valence-corrected chi connectivity index (χ2v) is 3.82. The van der Waals surface area contributed by atoms with Gasteiger partial charge in [0, 0.05) is 12.8 Å². The van der Waals surface area contributed by atoms with Crippen molar-refractivity contribution in [1.29, 1.82) is 0 Å². The molecule has 0 radical (unpaired) electrons. The van der Waals surface area contributed by atoms with Crippen molar-refractivity contribution in [2.45, 2.75) is 37.6 Å². The lowest BCUT2D eigenvalue weighted by atomic mass is 9.83. The zero-order valence-electron chi connectivity index (χ0n) is 7.77. The molecule has 0 aromatic rings. The van der Waals surface area contributed by atoms with Gasteiger partial charge in [0.05, 0.1) is 0 Å². The topological polar surface area (TPSA) is 128 Å². The van der Waals surface area contributed by atoms with Crippen molar-refractivity contribution in [1.82, 2.24) is 0 Å². The lowest BCUT2D eigenvalue weighted by Gasteiger charge is -2.24. The van der Waals surface area contributed by atoms with Crippen molar-refractivity contribution in [3.63, 3.8) is 0 Å². The number of aliphatic carboxylic acids is 1. The zero-order valence-corrected chi connectivity index (χ0v) is 8.66. The summed E-state index contributed by atoms with van der Waals surface area (Å²) in [6.07, 6.45) is 4.72. The van der Waals surface area contributed by atoms with Crippen molar-refractivity contribution in [2.75, 3.05) is 0 Å². The Morgan fingerprint density at radius 3 is 1.86 bits per heavy atom. The molecule has 0 spiro atoms. The van der Waals surface area contributed by atoms with Gasteiger partial charge in [0.1, 0.15) is 0 Å². The monoisotopic (exact) mass is 223 g/mol. The van der Waals surface area contributed by atoms with E-state index in [0.29, 0.717) is 0 Å². The minimum atomic E-state index is -3.37. The van der Waals surface area contributed by atoms with Crippen LogP contribution in [0.25, 0.3) is 0 Å². The molecule has 7 heteroatoms. The molecular formula is C7H14NO5P. The molecule has 0 saturated heterocycles. The summed E-state index contributed by atoms with van der Waals surface area (Å²) in [5.41, 5.74) is 3.07. The summed E-state index contributed by atoms with van der Waals surface area (Å²) in [7, 11) is -3.37. The fourth-order valence-electron chi connectivity index (χ4n) is 1.44. The average molecular weight is 223 g/mol. The maximum Gasteiger partial charge on any atom is 0.365 e. The number of rotatable bonds is 1. The Labute approximate surface area is 82.7 Å². The Morgan fingerprint density at radius 1 is 1.29 bits per heavy atom. The maximum absolute atomic E-state index is 10.6. The molecule has 6 nitrogen and oxygen atoms in total. The van der Waals surface area contributed by atoms with Crippen molar-refractivity contribution in [2.24, 2.45) is 0 Å². The molecule has 0 heterocycles. The molecule has 0 aliphatic heterocycles. The molecule has 0 unspecified atom stereocenters. The molecule has 1 aliphatic rings. The number of carboxylic acid groups (broad SMARTS) is 1. The van der Waals surface area contributed by atoms with E-state index < -0.39 is 19.8 Å². The smallest absolute Gasteiger partial charge is 0.365 e. The van der Waals surface area contributed by atoms with Crippen molar-refractivity contribution in [3.05, 3.63) is 0 Å². The molecule has 82 valence electrons. The largest absolute Gasteiger partial charge is 0.598 e. The van der Waals surface area contributed by atoms with Gasteiger partial charge in [-0.2, -0.15) is 0 Å². The predicted molar refractivity (Wildman–Crippen MR) is 43.9 cm³/mol. The fraction of sp³-hybridized carbons (Fsp3) is 0.857. The van der Waals surface area contributed by atoms with Gasteiger partial charge in [-0.3, -0.25) is 0 Å². The van der Waals surface area contributed by atoms with Crippen molar-refractivity contribution < 1.29 is 30.0 Å². The zero-order chi connectivity index (χ0) is 11.2. The van der Waals surface area contributed by atoms with E-state index in [9.17, 15) is 4.79 Å². The molecule has 0 bridgehead atoms. The van der Waals surface area contributed by atoms with Gasteiger partial charge in [-0.25, -0.2) is 4.79 Å². The quantitative estimate of drug-likeness (QED) is 0.516. The molecule has 0 atom stereocenters. The molecule has 4 N–H and O–H groups in total. The lowest BCUT2D eigenvalue weighted by Crippen LogP contribution is -2.77. The van der Waals surface area contributed by atoms with Gasteiger partial charge >= 0.3 is 5.97 Å². The van der Waals surface area contributed by atoms with Crippen LogP contribution in [-0.4, -0.2) is 16.6 Å². The summed E-state index contributed by atoms with van der Waals surface area (Å²) in [5.74, 6) is -0.729. The maximum atomic E-state index is 10.6. The first-order valence-electron chi connectivity index (χ1n) is 4.29. The first-order valence-corrected chi connectivity index (χ1v) is 5.38. The van der Waals surface area contributed by atoms with Gasteiger partial charge in [0.2, 0.25) is 0 Å². The first-order chi connectivity index (χ1) is 6.38. The Bertz CT molecular complexity index is 210. The normalized spacial score (nSPS) is 19.1. The van der Waals surface area contributed by atoms with Crippen LogP contribution >= 0.6 is 8.25 Å². The van der Waals surface area contributed by atoms with Gasteiger partial charge in [-0.15, -0.1) is 0 Å². The highest BCUT2D eigenvalue weighted by atomic mass is 31.1. The third-order valence-electron chi connectivity index (χ3n) is 2.26. The molecule has 1 aliphatic carbocycles. The summed E-state index contributed by atoms with van der Waals surface area (Å²) in [6.45, 7) is 0. The van der Waals surface area contributed by atoms with E-state index in [4.69, 9.17) is 19.5 Å². The number of carboxylic acids is 1. The average Bonchev–Trinajstić information content (AvgIpc) is 2.04. The van der Waals surface area contributed by atoms with Crippen LogP contribution in [0.3, 0.4) is 0 Å². The molecule has 0 aromatic carbocycles. The van der Waals surface area contributed by atoms with Crippen LogP contribution in [0.5, 0.6) is 0 Å². The van der Waals surface area contributed by atoms with E-state index >= 15 is 0 Å². The summed E-state index contributed by atoms with van der Waals surface area (Å²) >= 11 is 0. The van der Waals surface area contributed by atoms with Gasteiger partial charge in [0.15, 0.2) is 5.54 Å². The Kier molecular flexibility index (Phi) is 5.79. The van der Waals surface area contributed by atoms with E-state index in [1.807, 2.05) is 0 Å². The minimum Gasteiger partial charge on any atom is -0.598 e. The lowest BCUT2D eigenvalue weighted by molar-refractivity contribution is -0.468. The molecular weight excluding hydrogens is 209 g/mol. The van der Waals surface area contributed by atoms with Gasteiger partial charge in [0.25, 0.3) is 8.25 Å². The van der Waals surface area contributed by atoms with Crippen LogP contribution in [0.15, 0.2) is 0 Å². The number of carbonyl (C=O) groups is 1. The fourth-order valence-corrected chi connectivity index (χ4v) is 1.44. The van der Waals surface area contributed by atoms with Crippen LogP contribution in [0, 0.1) is 0 Å².